The monoisotopic (exact) mass is 399 g/mol. The molecule has 1 atom stereocenters. The van der Waals surface area contributed by atoms with Gasteiger partial charge in [-0.2, -0.15) is 0 Å². The van der Waals surface area contributed by atoms with Gasteiger partial charge in [0.25, 0.3) is 5.91 Å². The lowest BCUT2D eigenvalue weighted by molar-refractivity contribution is -0.118. The molecule has 0 unspecified atom stereocenters. The summed E-state index contributed by atoms with van der Waals surface area (Å²) in [7, 11) is 0. The van der Waals surface area contributed by atoms with E-state index in [1.165, 1.54) is 10.9 Å². The molecule has 0 saturated carbocycles. The number of amides is 2. The van der Waals surface area contributed by atoms with Crippen LogP contribution in [0.4, 0.5) is 5.69 Å². The van der Waals surface area contributed by atoms with Gasteiger partial charge in [-0.15, -0.1) is 5.10 Å². The second-order valence-electron chi connectivity index (χ2n) is 7.62. The number of carboxylic acids is 1. The van der Waals surface area contributed by atoms with Crippen molar-refractivity contribution in [1.82, 2.24) is 19.9 Å². The van der Waals surface area contributed by atoms with Crippen molar-refractivity contribution in [2.45, 2.75) is 33.2 Å². The smallest absolute Gasteiger partial charge is 0.358 e. The van der Waals surface area contributed by atoms with Gasteiger partial charge in [0.2, 0.25) is 5.91 Å². The maximum absolute atomic E-state index is 13.0. The standard InChI is InChI=1S/C20H25N5O4/c1-13(2)18(26)21-16-7-3-6-15(9-16)19(27)24-8-4-5-14(10-24)11-25-12-17(20(28)29)22-23-25/h3,6-7,9,12-14H,4-5,8,10-11H2,1-2H3,(H,21,26)(H,28,29)/t14-/m1/s1. The normalized spacial score (nSPS) is 16.7. The number of benzene rings is 1. The van der Waals surface area contributed by atoms with E-state index in [1.54, 1.807) is 29.2 Å². The summed E-state index contributed by atoms with van der Waals surface area (Å²) < 4.78 is 1.52. The lowest BCUT2D eigenvalue weighted by Crippen LogP contribution is -2.41. The Morgan fingerprint density at radius 2 is 2.10 bits per heavy atom. The van der Waals surface area contributed by atoms with Crippen LogP contribution >= 0.6 is 0 Å². The van der Waals surface area contributed by atoms with Crippen molar-refractivity contribution in [2.24, 2.45) is 11.8 Å². The minimum Gasteiger partial charge on any atom is -0.476 e. The summed E-state index contributed by atoms with van der Waals surface area (Å²) in [6.45, 7) is 5.35. The fourth-order valence-corrected chi connectivity index (χ4v) is 3.35. The number of carbonyl (C=O) groups is 3. The number of carboxylic acid groups (broad SMARTS) is 1. The van der Waals surface area contributed by atoms with E-state index < -0.39 is 5.97 Å². The zero-order valence-electron chi connectivity index (χ0n) is 16.5. The van der Waals surface area contributed by atoms with Crippen molar-refractivity contribution < 1.29 is 19.5 Å². The van der Waals surface area contributed by atoms with Crippen molar-refractivity contribution in [3.05, 3.63) is 41.7 Å². The SMILES string of the molecule is CC(C)C(=O)Nc1cccc(C(=O)N2CCC[C@@H](Cn3cc(C(=O)O)nn3)C2)c1. The largest absolute Gasteiger partial charge is 0.476 e. The van der Waals surface area contributed by atoms with Crippen molar-refractivity contribution >= 4 is 23.5 Å². The third kappa shape index (κ3) is 5.18. The third-order valence-electron chi connectivity index (χ3n) is 4.91. The zero-order chi connectivity index (χ0) is 21.0. The molecule has 2 amide bonds. The van der Waals surface area contributed by atoms with Gasteiger partial charge in [-0.25, -0.2) is 4.79 Å². The van der Waals surface area contributed by atoms with Gasteiger partial charge >= 0.3 is 5.97 Å². The van der Waals surface area contributed by atoms with Crippen LogP contribution in [-0.4, -0.2) is 55.9 Å². The van der Waals surface area contributed by atoms with Gasteiger partial charge in [-0.1, -0.05) is 25.1 Å². The van der Waals surface area contributed by atoms with E-state index in [0.29, 0.717) is 30.9 Å². The highest BCUT2D eigenvalue weighted by molar-refractivity contribution is 5.97. The topological polar surface area (TPSA) is 117 Å². The molecule has 0 radical (unpaired) electrons. The fourth-order valence-electron chi connectivity index (χ4n) is 3.35. The molecule has 9 heteroatoms. The van der Waals surface area contributed by atoms with Crippen molar-refractivity contribution in [3.63, 3.8) is 0 Å². The summed E-state index contributed by atoms with van der Waals surface area (Å²) in [5.41, 5.74) is 1.04. The Hall–Kier alpha value is -3.23. The van der Waals surface area contributed by atoms with Gasteiger partial charge in [0.05, 0.1) is 6.20 Å². The molecule has 0 aliphatic carbocycles. The first kappa shape index (κ1) is 20.5. The maximum Gasteiger partial charge on any atom is 0.358 e. The molecule has 1 aliphatic rings. The summed E-state index contributed by atoms with van der Waals surface area (Å²) in [5.74, 6) is -1.27. The number of aromatic carboxylic acids is 1. The van der Waals surface area contributed by atoms with Gasteiger partial charge in [-0.05, 0) is 37.0 Å². The predicted octanol–water partition coefficient (Wildman–Crippen LogP) is 2.12. The summed E-state index contributed by atoms with van der Waals surface area (Å²) in [6.07, 6.45) is 3.20. The van der Waals surface area contributed by atoms with Crippen LogP contribution in [0.25, 0.3) is 0 Å². The van der Waals surface area contributed by atoms with Gasteiger partial charge in [-0.3, -0.25) is 14.3 Å². The Labute approximate surface area is 168 Å². The zero-order valence-corrected chi connectivity index (χ0v) is 16.5. The number of rotatable bonds is 6. The Morgan fingerprint density at radius 1 is 1.31 bits per heavy atom. The average Bonchev–Trinajstić information content (AvgIpc) is 3.16. The summed E-state index contributed by atoms with van der Waals surface area (Å²) in [6, 6.07) is 6.96. The number of nitrogens with zero attached hydrogens (tertiary/aromatic N) is 4. The molecule has 1 aromatic carbocycles. The molecular weight excluding hydrogens is 374 g/mol. The van der Waals surface area contributed by atoms with Crippen LogP contribution in [0.15, 0.2) is 30.5 Å². The Morgan fingerprint density at radius 3 is 2.79 bits per heavy atom. The molecule has 0 spiro atoms. The molecule has 3 rings (SSSR count). The summed E-state index contributed by atoms with van der Waals surface area (Å²) in [4.78, 5) is 37.6. The quantitative estimate of drug-likeness (QED) is 0.768. The highest BCUT2D eigenvalue weighted by Gasteiger charge is 2.25. The Bertz CT molecular complexity index is 908. The minimum absolute atomic E-state index is 0.0832. The molecule has 1 saturated heterocycles. The molecule has 2 heterocycles. The Kier molecular flexibility index (Phi) is 6.26. The van der Waals surface area contributed by atoms with Gasteiger partial charge in [0.1, 0.15) is 0 Å². The van der Waals surface area contributed by atoms with Crippen LogP contribution in [0.5, 0.6) is 0 Å². The number of likely N-dealkylation sites (tertiary alicyclic amines) is 1. The molecule has 0 bridgehead atoms. The summed E-state index contributed by atoms with van der Waals surface area (Å²) in [5, 5.41) is 19.3. The molecule has 2 aromatic rings. The molecule has 9 nitrogen and oxygen atoms in total. The van der Waals surface area contributed by atoms with E-state index in [4.69, 9.17) is 5.11 Å². The van der Waals surface area contributed by atoms with Gasteiger partial charge in [0, 0.05) is 36.8 Å². The average molecular weight is 399 g/mol. The Balaban J connectivity index is 1.64. The van der Waals surface area contributed by atoms with Crippen molar-refractivity contribution in [1.29, 1.82) is 0 Å². The first-order valence-electron chi connectivity index (χ1n) is 9.67. The predicted molar refractivity (Wildman–Crippen MR) is 106 cm³/mol. The van der Waals surface area contributed by atoms with E-state index in [9.17, 15) is 14.4 Å². The molecule has 1 aliphatic heterocycles. The molecule has 2 N–H and O–H groups in total. The van der Waals surface area contributed by atoms with E-state index in [-0.39, 0.29) is 29.3 Å². The number of nitrogens with one attached hydrogen (secondary N) is 1. The number of aromatic nitrogens is 3. The number of hydrogen-bond acceptors (Lipinski definition) is 5. The van der Waals surface area contributed by atoms with E-state index >= 15 is 0 Å². The second-order valence-corrected chi connectivity index (χ2v) is 7.62. The molecule has 1 aromatic heterocycles. The molecule has 29 heavy (non-hydrogen) atoms. The molecular formula is C20H25N5O4. The second kappa shape index (κ2) is 8.85. The first-order valence-corrected chi connectivity index (χ1v) is 9.67. The minimum atomic E-state index is -1.11. The van der Waals surface area contributed by atoms with Gasteiger partial charge < -0.3 is 15.3 Å². The summed E-state index contributed by atoms with van der Waals surface area (Å²) >= 11 is 0. The highest BCUT2D eigenvalue weighted by atomic mass is 16.4. The third-order valence-corrected chi connectivity index (χ3v) is 4.91. The number of anilines is 1. The van der Waals surface area contributed by atoms with E-state index in [1.807, 2.05) is 13.8 Å². The van der Waals surface area contributed by atoms with Crippen LogP contribution in [0.2, 0.25) is 0 Å². The number of piperidine rings is 1. The van der Waals surface area contributed by atoms with E-state index in [2.05, 4.69) is 15.6 Å². The van der Waals surface area contributed by atoms with Crippen LogP contribution in [0.3, 0.4) is 0 Å². The first-order chi connectivity index (χ1) is 13.8. The number of hydrogen-bond donors (Lipinski definition) is 2. The van der Waals surface area contributed by atoms with Crippen LogP contribution in [0, 0.1) is 11.8 Å². The van der Waals surface area contributed by atoms with Crippen molar-refractivity contribution in [3.8, 4) is 0 Å². The fraction of sp³-hybridized carbons (Fsp3) is 0.450. The van der Waals surface area contributed by atoms with E-state index in [0.717, 1.165) is 12.8 Å². The van der Waals surface area contributed by atoms with Crippen molar-refractivity contribution in [2.75, 3.05) is 18.4 Å². The lowest BCUT2D eigenvalue weighted by atomic mass is 9.97. The lowest BCUT2D eigenvalue weighted by Gasteiger charge is -2.32. The highest BCUT2D eigenvalue weighted by Crippen LogP contribution is 2.21. The number of carbonyl (C=O) groups excluding carboxylic acids is 2. The van der Waals surface area contributed by atoms with Crippen LogP contribution in [0.1, 0.15) is 47.5 Å². The molecule has 1 fully saturated rings. The maximum atomic E-state index is 13.0. The van der Waals surface area contributed by atoms with Crippen LogP contribution < -0.4 is 5.32 Å². The van der Waals surface area contributed by atoms with Crippen LogP contribution in [-0.2, 0) is 11.3 Å². The van der Waals surface area contributed by atoms with Gasteiger partial charge in [0.15, 0.2) is 5.69 Å². The molecule has 154 valence electrons.